The van der Waals surface area contributed by atoms with Crippen molar-refractivity contribution in [2.45, 2.75) is 64.8 Å². The largest absolute Gasteiger partial charge is 0.347 e. The first-order valence-electron chi connectivity index (χ1n) is 10.9. The van der Waals surface area contributed by atoms with Gasteiger partial charge in [0.2, 0.25) is 0 Å². The van der Waals surface area contributed by atoms with E-state index in [0.717, 1.165) is 36.0 Å². The fourth-order valence-corrected chi connectivity index (χ4v) is 7.23. The highest BCUT2D eigenvalue weighted by molar-refractivity contribution is 7.98. The van der Waals surface area contributed by atoms with Crippen molar-refractivity contribution in [2.24, 2.45) is 16.7 Å². The van der Waals surface area contributed by atoms with Crippen molar-refractivity contribution in [3.63, 3.8) is 0 Å². The van der Waals surface area contributed by atoms with Gasteiger partial charge in [-0.1, -0.05) is 51.1 Å². The van der Waals surface area contributed by atoms with E-state index in [9.17, 15) is 4.79 Å². The van der Waals surface area contributed by atoms with Crippen LogP contribution in [0.15, 0.2) is 30.3 Å². The highest BCUT2D eigenvalue weighted by Crippen LogP contribution is 2.62. The summed E-state index contributed by atoms with van der Waals surface area (Å²) in [4.78, 5) is 13.4. The molecule has 5 rings (SSSR count). The Morgan fingerprint density at radius 1 is 1.28 bits per heavy atom. The van der Waals surface area contributed by atoms with Crippen molar-refractivity contribution in [3.05, 3.63) is 52.8 Å². The standard InChI is InChI=1S/C24H31N3OS/c1-23(2)17-9-11-24(3,13-17)22(23)25-21(28)20-18-15-29-12-10-19(18)27(26-20)14-16-7-5-4-6-8-16/h4-8,17,22H,9-15H2,1-3H3,(H,25,28)/t17-,22?,24+/m1/s1. The van der Waals surface area contributed by atoms with Crippen LogP contribution in [-0.4, -0.2) is 27.5 Å². The highest BCUT2D eigenvalue weighted by atomic mass is 32.2. The smallest absolute Gasteiger partial charge is 0.272 e. The number of carbonyl (C=O) groups is 1. The Hall–Kier alpha value is -1.75. The minimum Gasteiger partial charge on any atom is -0.347 e. The fraction of sp³-hybridized carbons (Fsp3) is 0.583. The zero-order chi connectivity index (χ0) is 20.2. The third-order valence-corrected chi connectivity index (χ3v) is 8.82. The minimum atomic E-state index is 0.0300. The Labute approximate surface area is 177 Å². The molecule has 0 radical (unpaired) electrons. The van der Waals surface area contributed by atoms with E-state index < -0.39 is 0 Å². The molecule has 1 N–H and O–H groups in total. The van der Waals surface area contributed by atoms with Gasteiger partial charge in [0, 0.05) is 23.1 Å². The summed E-state index contributed by atoms with van der Waals surface area (Å²) in [6.45, 7) is 7.78. The lowest BCUT2D eigenvalue weighted by Gasteiger charge is -2.43. The summed E-state index contributed by atoms with van der Waals surface area (Å²) in [6.07, 6.45) is 4.75. The van der Waals surface area contributed by atoms with Crippen molar-refractivity contribution in [2.75, 3.05) is 5.75 Å². The Balaban J connectivity index is 1.44. The van der Waals surface area contributed by atoms with Crippen molar-refractivity contribution >= 4 is 17.7 Å². The van der Waals surface area contributed by atoms with Crippen LogP contribution in [0.3, 0.4) is 0 Å². The molecule has 5 heteroatoms. The van der Waals surface area contributed by atoms with Crippen molar-refractivity contribution in [3.8, 4) is 0 Å². The van der Waals surface area contributed by atoms with Crippen LogP contribution >= 0.6 is 11.8 Å². The summed E-state index contributed by atoms with van der Waals surface area (Å²) >= 11 is 1.91. The maximum atomic E-state index is 13.4. The first-order valence-corrected chi connectivity index (χ1v) is 12.0. The van der Waals surface area contributed by atoms with Crippen LogP contribution in [0.1, 0.15) is 67.3 Å². The molecule has 2 aromatic rings. The minimum absolute atomic E-state index is 0.0300. The number of nitrogens with one attached hydrogen (secondary N) is 1. The molecular weight excluding hydrogens is 378 g/mol. The number of aromatic nitrogens is 2. The third kappa shape index (κ3) is 3.13. The topological polar surface area (TPSA) is 46.9 Å². The van der Waals surface area contributed by atoms with Gasteiger partial charge in [0.05, 0.1) is 6.54 Å². The average Bonchev–Trinajstić information content (AvgIpc) is 3.33. The molecule has 2 aliphatic carbocycles. The predicted molar refractivity (Wildman–Crippen MR) is 118 cm³/mol. The molecule has 2 bridgehead atoms. The van der Waals surface area contributed by atoms with Gasteiger partial charge in [0.25, 0.3) is 5.91 Å². The van der Waals surface area contributed by atoms with Crippen molar-refractivity contribution < 1.29 is 4.79 Å². The Bertz CT molecular complexity index is 930. The predicted octanol–water partition coefficient (Wildman–Crippen LogP) is 4.67. The maximum absolute atomic E-state index is 13.4. The number of rotatable bonds is 4. The van der Waals surface area contributed by atoms with E-state index in [2.05, 4.69) is 55.0 Å². The summed E-state index contributed by atoms with van der Waals surface area (Å²) in [7, 11) is 0. The lowest BCUT2D eigenvalue weighted by Crippen LogP contribution is -2.52. The zero-order valence-corrected chi connectivity index (χ0v) is 18.5. The second-order valence-electron chi connectivity index (χ2n) is 10.0. The number of hydrogen-bond acceptors (Lipinski definition) is 3. The summed E-state index contributed by atoms with van der Waals surface area (Å²) in [6, 6.07) is 10.6. The zero-order valence-electron chi connectivity index (χ0n) is 17.7. The van der Waals surface area contributed by atoms with Crippen LogP contribution in [-0.2, 0) is 18.7 Å². The normalized spacial score (nSPS) is 29.6. The quantitative estimate of drug-likeness (QED) is 0.798. The molecule has 4 nitrogen and oxygen atoms in total. The highest BCUT2D eigenvalue weighted by Gasteiger charge is 2.59. The number of benzene rings is 1. The molecule has 1 aromatic carbocycles. The number of thioether (sulfide) groups is 1. The molecule has 3 aliphatic rings. The van der Waals surface area contributed by atoms with Gasteiger partial charge in [-0.15, -0.1) is 0 Å². The molecule has 2 heterocycles. The second kappa shape index (κ2) is 6.90. The lowest BCUT2D eigenvalue weighted by atomic mass is 9.68. The van der Waals surface area contributed by atoms with Crippen LogP contribution < -0.4 is 5.32 Å². The number of nitrogens with zero attached hydrogens (tertiary/aromatic N) is 2. The van der Waals surface area contributed by atoms with Crippen LogP contribution in [0, 0.1) is 16.7 Å². The third-order valence-electron chi connectivity index (χ3n) is 7.83. The van der Waals surface area contributed by atoms with Gasteiger partial charge in [-0.05, 0) is 53.7 Å². The molecule has 0 saturated heterocycles. The first kappa shape index (κ1) is 19.2. The molecule has 0 spiro atoms. The summed E-state index contributed by atoms with van der Waals surface area (Å²) < 4.78 is 2.08. The van der Waals surface area contributed by atoms with Gasteiger partial charge in [0.15, 0.2) is 5.69 Å². The van der Waals surface area contributed by atoms with E-state index in [0.29, 0.717) is 5.69 Å². The van der Waals surface area contributed by atoms with Gasteiger partial charge in [0.1, 0.15) is 0 Å². The number of carbonyl (C=O) groups excluding carboxylic acids is 1. The Morgan fingerprint density at radius 2 is 2.07 bits per heavy atom. The molecule has 2 saturated carbocycles. The van der Waals surface area contributed by atoms with Gasteiger partial charge >= 0.3 is 0 Å². The molecule has 1 unspecified atom stereocenters. The van der Waals surface area contributed by atoms with Crippen LogP contribution in [0.5, 0.6) is 0 Å². The van der Waals surface area contributed by atoms with E-state index in [1.54, 1.807) is 0 Å². The summed E-state index contributed by atoms with van der Waals surface area (Å²) in [5, 5.41) is 8.31. The maximum Gasteiger partial charge on any atom is 0.272 e. The van der Waals surface area contributed by atoms with Gasteiger partial charge in [-0.3, -0.25) is 9.48 Å². The fourth-order valence-electron chi connectivity index (χ4n) is 6.24. The van der Waals surface area contributed by atoms with Gasteiger partial charge in [-0.25, -0.2) is 0 Å². The van der Waals surface area contributed by atoms with Crippen LogP contribution in [0.2, 0.25) is 0 Å². The number of amides is 1. The monoisotopic (exact) mass is 409 g/mol. The summed E-state index contributed by atoms with van der Waals surface area (Å²) in [5.74, 6) is 2.74. The van der Waals surface area contributed by atoms with Crippen LogP contribution in [0.4, 0.5) is 0 Å². The number of hydrogen-bond donors (Lipinski definition) is 1. The molecule has 154 valence electrons. The molecule has 29 heavy (non-hydrogen) atoms. The Morgan fingerprint density at radius 3 is 2.79 bits per heavy atom. The molecule has 1 aromatic heterocycles. The van der Waals surface area contributed by atoms with Crippen molar-refractivity contribution in [1.82, 2.24) is 15.1 Å². The van der Waals surface area contributed by atoms with Gasteiger partial charge in [-0.2, -0.15) is 16.9 Å². The van der Waals surface area contributed by atoms with E-state index in [-0.39, 0.29) is 22.8 Å². The second-order valence-corrected chi connectivity index (χ2v) is 11.1. The Kier molecular flexibility index (Phi) is 4.57. The average molecular weight is 410 g/mol. The molecule has 3 atom stereocenters. The molecule has 2 fully saturated rings. The van der Waals surface area contributed by atoms with E-state index >= 15 is 0 Å². The van der Waals surface area contributed by atoms with E-state index in [1.807, 2.05) is 17.8 Å². The molecule has 1 amide bonds. The SMILES string of the molecule is CC1(C)C(NC(=O)c2nn(Cc3ccccc3)c3c2CSCC3)[C@@]2(C)CC[C@@H]1C2. The molecule has 1 aliphatic heterocycles. The van der Waals surface area contributed by atoms with E-state index in [1.165, 1.54) is 30.5 Å². The molecular formula is C24H31N3OS. The van der Waals surface area contributed by atoms with Crippen molar-refractivity contribution in [1.29, 1.82) is 0 Å². The first-order chi connectivity index (χ1) is 13.9. The summed E-state index contributed by atoms with van der Waals surface area (Å²) in [5.41, 5.74) is 4.67. The van der Waals surface area contributed by atoms with E-state index in [4.69, 9.17) is 5.10 Å². The van der Waals surface area contributed by atoms with Gasteiger partial charge < -0.3 is 5.32 Å². The number of fused-ring (bicyclic) bond motifs is 3. The van der Waals surface area contributed by atoms with Crippen LogP contribution in [0.25, 0.3) is 0 Å². The lowest BCUT2D eigenvalue weighted by molar-refractivity contribution is 0.0732.